The van der Waals surface area contributed by atoms with Crippen molar-refractivity contribution >= 4 is 23.2 Å². The summed E-state index contributed by atoms with van der Waals surface area (Å²) in [5.74, 6) is 0.239. The Labute approximate surface area is 196 Å². The number of nitrogens with one attached hydrogen (secondary N) is 2. The molecule has 0 atom stereocenters. The van der Waals surface area contributed by atoms with Crippen molar-refractivity contribution in [2.45, 2.75) is 46.0 Å². The lowest BCUT2D eigenvalue weighted by atomic mass is 9.87. The number of hydrogen-bond donors (Lipinski definition) is 2. The van der Waals surface area contributed by atoms with E-state index in [0.29, 0.717) is 34.9 Å². The molecule has 5 nitrogen and oxygen atoms in total. The molecular formula is C28H32N2O3. The molecule has 0 unspecified atom stereocenters. The topological polar surface area (TPSA) is 67.4 Å². The van der Waals surface area contributed by atoms with Gasteiger partial charge in [0.25, 0.3) is 11.8 Å². The minimum absolute atomic E-state index is 0.0305. The number of ether oxygens (including phenoxy) is 1. The maximum absolute atomic E-state index is 12.7. The Hall–Kier alpha value is -3.60. The number of benzene rings is 3. The average molecular weight is 445 g/mol. The summed E-state index contributed by atoms with van der Waals surface area (Å²) in [6, 6.07) is 21.8. The molecule has 2 amide bonds. The zero-order chi connectivity index (χ0) is 23.8. The molecule has 33 heavy (non-hydrogen) atoms. The molecule has 0 aliphatic carbocycles. The monoisotopic (exact) mass is 444 g/mol. The third-order valence-corrected chi connectivity index (χ3v) is 5.25. The van der Waals surface area contributed by atoms with Crippen LogP contribution in [0.1, 0.15) is 66.8 Å². The fourth-order valence-corrected chi connectivity index (χ4v) is 3.26. The van der Waals surface area contributed by atoms with Crippen molar-refractivity contribution in [2.24, 2.45) is 0 Å². The van der Waals surface area contributed by atoms with Crippen LogP contribution in [0.15, 0.2) is 72.8 Å². The molecule has 172 valence electrons. The van der Waals surface area contributed by atoms with Crippen LogP contribution in [0.25, 0.3) is 0 Å². The number of hydrogen-bond acceptors (Lipinski definition) is 3. The van der Waals surface area contributed by atoms with Gasteiger partial charge in [0.15, 0.2) is 0 Å². The number of anilines is 2. The predicted octanol–water partition coefficient (Wildman–Crippen LogP) is 6.67. The van der Waals surface area contributed by atoms with Crippen LogP contribution in [0.4, 0.5) is 11.4 Å². The van der Waals surface area contributed by atoms with Crippen molar-refractivity contribution in [1.29, 1.82) is 0 Å². The molecule has 0 aromatic heterocycles. The molecule has 0 heterocycles. The highest BCUT2D eigenvalue weighted by molar-refractivity contribution is 6.06. The second-order valence-electron chi connectivity index (χ2n) is 9.05. The Morgan fingerprint density at radius 3 is 2.00 bits per heavy atom. The molecule has 0 aliphatic heterocycles. The largest absolute Gasteiger partial charge is 0.494 e. The lowest BCUT2D eigenvalue weighted by molar-refractivity contribution is 0.101. The number of rotatable bonds is 8. The van der Waals surface area contributed by atoms with Gasteiger partial charge in [0.05, 0.1) is 6.61 Å². The van der Waals surface area contributed by atoms with E-state index >= 15 is 0 Å². The van der Waals surface area contributed by atoms with Crippen molar-refractivity contribution < 1.29 is 14.3 Å². The summed E-state index contributed by atoms with van der Waals surface area (Å²) in [7, 11) is 0. The van der Waals surface area contributed by atoms with E-state index in [1.807, 2.05) is 30.3 Å². The van der Waals surface area contributed by atoms with E-state index in [0.717, 1.165) is 12.8 Å². The SMILES string of the molecule is CCCCOc1cccc(C(=O)Nc2cccc(NC(=O)c3ccc(C(C)(C)C)cc3)c2)c1. The Morgan fingerprint density at radius 1 is 0.788 bits per heavy atom. The van der Waals surface area contributed by atoms with Crippen molar-refractivity contribution in [1.82, 2.24) is 0 Å². The van der Waals surface area contributed by atoms with E-state index in [-0.39, 0.29) is 17.2 Å². The van der Waals surface area contributed by atoms with Crippen LogP contribution in [0.5, 0.6) is 5.75 Å². The molecule has 0 fully saturated rings. The fourth-order valence-electron chi connectivity index (χ4n) is 3.26. The first kappa shape index (κ1) is 24.1. The van der Waals surface area contributed by atoms with E-state index in [2.05, 4.69) is 38.3 Å². The van der Waals surface area contributed by atoms with Crippen LogP contribution in [-0.2, 0) is 5.41 Å². The van der Waals surface area contributed by atoms with Gasteiger partial charge >= 0.3 is 0 Å². The van der Waals surface area contributed by atoms with E-state index in [1.54, 1.807) is 42.5 Å². The summed E-state index contributed by atoms with van der Waals surface area (Å²) in [5.41, 5.74) is 3.49. The van der Waals surface area contributed by atoms with Gasteiger partial charge in [-0.2, -0.15) is 0 Å². The van der Waals surface area contributed by atoms with Gasteiger partial charge in [0.1, 0.15) is 5.75 Å². The van der Waals surface area contributed by atoms with Crippen molar-refractivity contribution in [3.63, 3.8) is 0 Å². The van der Waals surface area contributed by atoms with Gasteiger partial charge in [-0.3, -0.25) is 9.59 Å². The molecular weight excluding hydrogens is 412 g/mol. The van der Waals surface area contributed by atoms with Crippen molar-refractivity contribution in [3.05, 3.63) is 89.5 Å². The molecule has 5 heteroatoms. The molecule has 0 bridgehead atoms. The van der Waals surface area contributed by atoms with Gasteiger partial charge in [-0.25, -0.2) is 0 Å². The van der Waals surface area contributed by atoms with Crippen molar-refractivity contribution in [2.75, 3.05) is 17.2 Å². The summed E-state index contributed by atoms with van der Waals surface area (Å²) in [4.78, 5) is 25.4. The fraction of sp³-hybridized carbons (Fsp3) is 0.286. The Morgan fingerprint density at radius 2 is 1.39 bits per heavy atom. The Balaban J connectivity index is 1.64. The van der Waals surface area contributed by atoms with Crippen LogP contribution in [0.3, 0.4) is 0 Å². The van der Waals surface area contributed by atoms with Gasteiger partial charge in [0, 0.05) is 22.5 Å². The molecule has 0 saturated carbocycles. The first-order valence-corrected chi connectivity index (χ1v) is 11.3. The van der Waals surface area contributed by atoms with Gasteiger partial charge in [-0.05, 0) is 65.9 Å². The number of carbonyl (C=O) groups excluding carboxylic acids is 2. The van der Waals surface area contributed by atoms with E-state index in [9.17, 15) is 9.59 Å². The van der Waals surface area contributed by atoms with E-state index < -0.39 is 0 Å². The Bertz CT molecular complexity index is 1100. The minimum atomic E-state index is -0.239. The number of unbranched alkanes of at least 4 members (excludes halogenated alkanes) is 1. The second-order valence-corrected chi connectivity index (χ2v) is 9.05. The molecule has 0 aliphatic rings. The summed E-state index contributed by atoms with van der Waals surface area (Å²) in [6.07, 6.45) is 2.02. The van der Waals surface area contributed by atoms with Gasteiger partial charge in [-0.15, -0.1) is 0 Å². The number of carbonyl (C=O) groups is 2. The molecule has 0 radical (unpaired) electrons. The first-order chi connectivity index (χ1) is 15.8. The average Bonchev–Trinajstić information content (AvgIpc) is 2.79. The highest BCUT2D eigenvalue weighted by Crippen LogP contribution is 2.23. The first-order valence-electron chi connectivity index (χ1n) is 11.3. The van der Waals surface area contributed by atoms with Crippen LogP contribution < -0.4 is 15.4 Å². The quantitative estimate of drug-likeness (QED) is 0.381. The minimum Gasteiger partial charge on any atom is -0.494 e. The lowest BCUT2D eigenvalue weighted by Crippen LogP contribution is -2.15. The van der Waals surface area contributed by atoms with Crippen LogP contribution in [-0.4, -0.2) is 18.4 Å². The van der Waals surface area contributed by atoms with Gasteiger partial charge < -0.3 is 15.4 Å². The zero-order valence-corrected chi connectivity index (χ0v) is 19.8. The lowest BCUT2D eigenvalue weighted by Gasteiger charge is -2.19. The molecule has 3 aromatic carbocycles. The van der Waals surface area contributed by atoms with Crippen molar-refractivity contribution in [3.8, 4) is 5.75 Å². The summed E-state index contributed by atoms with van der Waals surface area (Å²) >= 11 is 0. The molecule has 0 spiro atoms. The Kier molecular flexibility index (Phi) is 7.88. The molecule has 3 aromatic rings. The molecule has 0 saturated heterocycles. The molecule has 3 rings (SSSR count). The predicted molar refractivity (Wildman–Crippen MR) is 134 cm³/mol. The van der Waals surface area contributed by atoms with Gasteiger partial charge in [-0.1, -0.05) is 58.4 Å². The molecule has 2 N–H and O–H groups in total. The maximum atomic E-state index is 12.7. The third kappa shape index (κ3) is 6.94. The second kappa shape index (κ2) is 10.8. The normalized spacial score (nSPS) is 11.0. The van der Waals surface area contributed by atoms with Crippen LogP contribution in [0, 0.1) is 0 Å². The summed E-state index contributed by atoms with van der Waals surface area (Å²) in [5, 5.41) is 5.78. The maximum Gasteiger partial charge on any atom is 0.255 e. The van der Waals surface area contributed by atoms with Gasteiger partial charge in [0.2, 0.25) is 0 Å². The standard InChI is InChI=1S/C28H32N2O3/c1-5-6-17-33-25-12-7-9-21(18-25)27(32)30-24-11-8-10-23(19-24)29-26(31)20-13-15-22(16-14-20)28(2,3)4/h7-16,18-19H,5-6,17H2,1-4H3,(H,29,31)(H,30,32). The van der Waals surface area contributed by atoms with E-state index in [4.69, 9.17) is 4.74 Å². The van der Waals surface area contributed by atoms with Crippen LogP contribution in [0.2, 0.25) is 0 Å². The highest BCUT2D eigenvalue weighted by Gasteiger charge is 2.15. The van der Waals surface area contributed by atoms with Crippen LogP contribution >= 0.6 is 0 Å². The summed E-state index contributed by atoms with van der Waals surface area (Å²) < 4.78 is 5.69. The third-order valence-electron chi connectivity index (χ3n) is 5.25. The zero-order valence-electron chi connectivity index (χ0n) is 19.8. The highest BCUT2D eigenvalue weighted by atomic mass is 16.5. The van der Waals surface area contributed by atoms with E-state index in [1.165, 1.54) is 5.56 Å². The number of amides is 2. The summed E-state index contributed by atoms with van der Waals surface area (Å²) in [6.45, 7) is 9.14. The smallest absolute Gasteiger partial charge is 0.255 e.